The molecule has 1 aliphatic rings. The van der Waals surface area contributed by atoms with Crippen molar-refractivity contribution in [3.63, 3.8) is 0 Å². The van der Waals surface area contributed by atoms with Crippen molar-refractivity contribution < 1.29 is 9.47 Å². The zero-order valence-electron chi connectivity index (χ0n) is 23.8. The van der Waals surface area contributed by atoms with E-state index in [0.29, 0.717) is 23.4 Å². The number of likely N-dealkylation sites (tertiary alicyclic amines) is 1. The maximum atomic E-state index is 5.54. The average molecular weight is 546 g/mol. The summed E-state index contributed by atoms with van der Waals surface area (Å²) in [5.41, 5.74) is 3.55. The first-order chi connectivity index (χ1) is 18.9. The average Bonchev–Trinajstić information content (AvgIpc) is 3.58. The molecule has 1 saturated heterocycles. The molecule has 1 unspecified atom stereocenters. The molecule has 1 fully saturated rings. The van der Waals surface area contributed by atoms with Crippen LogP contribution in [0.25, 0.3) is 21.3 Å². The van der Waals surface area contributed by atoms with E-state index in [4.69, 9.17) is 14.5 Å². The first-order valence-electron chi connectivity index (χ1n) is 13.6. The van der Waals surface area contributed by atoms with Crippen molar-refractivity contribution in [2.24, 2.45) is 0 Å². The van der Waals surface area contributed by atoms with E-state index in [1.165, 1.54) is 40.3 Å². The second-order valence-corrected chi connectivity index (χ2v) is 11.7. The van der Waals surface area contributed by atoms with E-state index in [2.05, 4.69) is 77.5 Å². The molecule has 39 heavy (non-hydrogen) atoms. The Morgan fingerprint density at radius 1 is 1.08 bits per heavy atom. The molecule has 5 rings (SSSR count). The van der Waals surface area contributed by atoms with Crippen molar-refractivity contribution in [1.29, 1.82) is 0 Å². The number of aryl methyl sites for hydroxylation is 1. The summed E-state index contributed by atoms with van der Waals surface area (Å²) in [4.78, 5) is 16.9. The number of nitrogens with one attached hydrogen (secondary N) is 1. The van der Waals surface area contributed by atoms with Crippen LogP contribution in [0, 0.1) is 6.92 Å². The molecular weight excluding hydrogens is 506 g/mol. The van der Waals surface area contributed by atoms with Gasteiger partial charge in [-0.05, 0) is 76.7 Å². The number of fused-ring (bicyclic) bond motifs is 1. The van der Waals surface area contributed by atoms with Crippen LogP contribution in [0.2, 0.25) is 0 Å². The second kappa shape index (κ2) is 11.9. The van der Waals surface area contributed by atoms with Gasteiger partial charge in [0.05, 0.1) is 25.8 Å². The van der Waals surface area contributed by atoms with E-state index in [-0.39, 0.29) is 6.04 Å². The molecular formula is C31H39N5O2S. The number of methoxy groups -OCH3 is 2. The number of ether oxygens (including phenoxy) is 2. The normalized spacial score (nSPS) is 16.6. The Morgan fingerprint density at radius 3 is 2.62 bits per heavy atom. The van der Waals surface area contributed by atoms with Gasteiger partial charge in [0.2, 0.25) is 0 Å². The highest BCUT2D eigenvalue weighted by Crippen LogP contribution is 2.38. The number of hydrogen-bond acceptors (Lipinski definition) is 8. The van der Waals surface area contributed by atoms with E-state index < -0.39 is 0 Å². The Morgan fingerprint density at radius 2 is 1.85 bits per heavy atom. The molecule has 2 atom stereocenters. The molecule has 4 aromatic rings. The van der Waals surface area contributed by atoms with Crippen molar-refractivity contribution in [1.82, 2.24) is 19.8 Å². The molecule has 0 bridgehead atoms. The van der Waals surface area contributed by atoms with Crippen molar-refractivity contribution in [2.45, 2.75) is 45.3 Å². The third kappa shape index (κ3) is 6.03. The molecule has 0 amide bonds. The largest absolute Gasteiger partial charge is 0.493 e. The Bertz CT molecular complexity index is 1440. The fourth-order valence-electron chi connectivity index (χ4n) is 5.54. The predicted molar refractivity (Wildman–Crippen MR) is 161 cm³/mol. The van der Waals surface area contributed by atoms with Crippen LogP contribution in [0.5, 0.6) is 11.5 Å². The number of nitrogens with zero attached hydrogens (tertiary/aromatic N) is 4. The molecule has 0 saturated carbocycles. The molecule has 3 heterocycles. The molecule has 8 heteroatoms. The highest BCUT2D eigenvalue weighted by molar-refractivity contribution is 7.15. The predicted octanol–water partition coefficient (Wildman–Crippen LogP) is 6.38. The summed E-state index contributed by atoms with van der Waals surface area (Å²) in [6, 6.07) is 17.9. The van der Waals surface area contributed by atoms with E-state index in [1.54, 1.807) is 14.2 Å². The maximum Gasteiger partial charge on any atom is 0.162 e. The molecule has 2 aromatic heterocycles. The monoisotopic (exact) mass is 545 g/mol. The zero-order valence-corrected chi connectivity index (χ0v) is 24.6. The van der Waals surface area contributed by atoms with Crippen molar-refractivity contribution in [3.8, 4) is 21.9 Å². The molecule has 0 radical (unpaired) electrons. The molecule has 2 aromatic carbocycles. The highest BCUT2D eigenvalue weighted by atomic mass is 32.1. The zero-order chi connectivity index (χ0) is 27.5. The van der Waals surface area contributed by atoms with E-state index in [1.807, 2.05) is 30.4 Å². The van der Waals surface area contributed by atoms with E-state index in [0.717, 1.165) is 29.8 Å². The summed E-state index contributed by atoms with van der Waals surface area (Å²) in [7, 11) is 7.63. The van der Waals surface area contributed by atoms with Gasteiger partial charge in [-0.25, -0.2) is 9.97 Å². The Balaban J connectivity index is 1.38. The van der Waals surface area contributed by atoms with Gasteiger partial charge < -0.3 is 19.7 Å². The van der Waals surface area contributed by atoms with Gasteiger partial charge in [-0.2, -0.15) is 0 Å². The van der Waals surface area contributed by atoms with Gasteiger partial charge in [0.25, 0.3) is 0 Å². The number of likely N-dealkylation sites (N-methyl/N-ethyl adjacent to an activating group) is 1. The number of thiophene rings is 1. The van der Waals surface area contributed by atoms with Gasteiger partial charge >= 0.3 is 0 Å². The third-order valence-corrected chi connectivity index (χ3v) is 8.75. The van der Waals surface area contributed by atoms with E-state index >= 15 is 0 Å². The van der Waals surface area contributed by atoms with Gasteiger partial charge in [0, 0.05) is 40.3 Å². The minimum atomic E-state index is 0.0737. The molecule has 1 aliphatic heterocycles. The lowest BCUT2D eigenvalue weighted by Gasteiger charge is -2.27. The summed E-state index contributed by atoms with van der Waals surface area (Å²) in [6.07, 6.45) is 2.56. The number of aromatic nitrogens is 2. The second-order valence-electron chi connectivity index (χ2n) is 10.6. The van der Waals surface area contributed by atoms with Crippen LogP contribution in [0.3, 0.4) is 0 Å². The van der Waals surface area contributed by atoms with Gasteiger partial charge in [-0.1, -0.05) is 24.3 Å². The summed E-state index contributed by atoms with van der Waals surface area (Å²) < 4.78 is 11.0. The molecule has 1 N–H and O–H groups in total. The highest BCUT2D eigenvalue weighted by Gasteiger charge is 2.26. The van der Waals surface area contributed by atoms with Gasteiger partial charge in [0.15, 0.2) is 11.5 Å². The molecule has 0 aliphatic carbocycles. The summed E-state index contributed by atoms with van der Waals surface area (Å²) in [5.74, 6) is 2.82. The standard InChI is InChI=1S/C31H39N5O2S/c1-20(32-31-25-16-27(37-5)28(38-6)17-26(25)33-21(2)34-31)29-13-14-30(39-29)24-12-8-7-10-22(24)18-36-15-9-11-23(36)19-35(3)4/h7-8,10,12-14,16-17,20,23H,9,11,15,18-19H2,1-6H3,(H,32,33,34)/t20?,23-/m0/s1. The maximum absolute atomic E-state index is 5.54. The van der Waals surface area contributed by atoms with Gasteiger partial charge in [0.1, 0.15) is 11.6 Å². The Hall–Kier alpha value is -3.20. The lowest BCUT2D eigenvalue weighted by Crippen LogP contribution is -2.37. The van der Waals surface area contributed by atoms with Crippen LogP contribution in [-0.2, 0) is 6.54 Å². The minimum absolute atomic E-state index is 0.0737. The summed E-state index contributed by atoms with van der Waals surface area (Å²) >= 11 is 1.84. The van der Waals surface area contributed by atoms with Crippen molar-refractivity contribution in [3.05, 3.63) is 64.8 Å². The van der Waals surface area contributed by atoms with Crippen molar-refractivity contribution in [2.75, 3.05) is 46.7 Å². The smallest absolute Gasteiger partial charge is 0.162 e. The Kier molecular flexibility index (Phi) is 8.35. The van der Waals surface area contributed by atoms with Crippen LogP contribution in [0.15, 0.2) is 48.5 Å². The lowest BCUT2D eigenvalue weighted by molar-refractivity contribution is 0.201. The number of rotatable bonds is 10. The Labute approximate surface area is 235 Å². The number of benzene rings is 2. The first-order valence-corrected chi connectivity index (χ1v) is 14.4. The summed E-state index contributed by atoms with van der Waals surface area (Å²) in [5, 5.41) is 4.55. The van der Waals surface area contributed by atoms with Gasteiger partial charge in [-0.3, -0.25) is 4.90 Å². The molecule has 7 nitrogen and oxygen atoms in total. The van der Waals surface area contributed by atoms with Crippen LogP contribution >= 0.6 is 11.3 Å². The van der Waals surface area contributed by atoms with Gasteiger partial charge in [-0.15, -0.1) is 11.3 Å². The van der Waals surface area contributed by atoms with Crippen LogP contribution in [0.1, 0.15) is 42.1 Å². The topological polar surface area (TPSA) is 62.8 Å². The van der Waals surface area contributed by atoms with E-state index in [9.17, 15) is 0 Å². The first kappa shape index (κ1) is 27.4. The fourth-order valence-corrected chi connectivity index (χ4v) is 6.61. The lowest BCUT2D eigenvalue weighted by atomic mass is 10.0. The summed E-state index contributed by atoms with van der Waals surface area (Å²) in [6.45, 7) is 7.38. The SMILES string of the molecule is COc1cc2nc(C)nc(NC(C)c3ccc(-c4ccccc4CN4CCC[C@H]4CN(C)C)s3)c2cc1OC. The van der Waals surface area contributed by atoms with Crippen LogP contribution in [-0.4, -0.2) is 67.2 Å². The number of anilines is 1. The van der Waals surface area contributed by atoms with Crippen LogP contribution in [0.4, 0.5) is 5.82 Å². The van der Waals surface area contributed by atoms with Crippen LogP contribution < -0.4 is 14.8 Å². The quantitative estimate of drug-likeness (QED) is 0.248. The molecule has 206 valence electrons. The van der Waals surface area contributed by atoms with Crippen molar-refractivity contribution >= 4 is 28.1 Å². The number of hydrogen-bond donors (Lipinski definition) is 1. The third-order valence-electron chi connectivity index (χ3n) is 7.45. The minimum Gasteiger partial charge on any atom is -0.493 e. The fraction of sp³-hybridized carbons (Fsp3) is 0.419. The molecule has 0 spiro atoms.